The van der Waals surface area contributed by atoms with Gasteiger partial charge in [-0.3, -0.25) is 13.9 Å². The van der Waals surface area contributed by atoms with Crippen molar-refractivity contribution in [3.05, 3.63) is 54.9 Å². The van der Waals surface area contributed by atoms with Gasteiger partial charge in [-0.25, -0.2) is 24.4 Å². The van der Waals surface area contributed by atoms with E-state index in [0.29, 0.717) is 5.52 Å². The van der Waals surface area contributed by atoms with Crippen molar-refractivity contribution >= 4 is 30.5 Å². The molecular weight excluding hydrogens is 482 g/mol. The molecule has 2 unspecified atom stereocenters. The van der Waals surface area contributed by atoms with E-state index in [0.717, 1.165) is 6.08 Å². The number of imidazole rings is 1. The Balaban J connectivity index is 1.47. The van der Waals surface area contributed by atoms with E-state index in [1.807, 2.05) is 0 Å². The number of rotatable bonds is 10. The average molecular weight is 506 g/mol. The molecule has 1 aliphatic rings. The Morgan fingerprint density at radius 2 is 2.09 bits per heavy atom. The van der Waals surface area contributed by atoms with E-state index in [4.69, 9.17) is 24.5 Å². The molecule has 0 spiro atoms. The molecule has 0 amide bonds. The van der Waals surface area contributed by atoms with Gasteiger partial charge in [-0.05, 0) is 26.0 Å². The Kier molecular flexibility index (Phi) is 7.41. The summed E-state index contributed by atoms with van der Waals surface area (Å²) in [5, 5.41) is 2.65. The lowest BCUT2D eigenvalue weighted by Gasteiger charge is -2.24. The van der Waals surface area contributed by atoms with Crippen LogP contribution in [0.2, 0.25) is 0 Å². The summed E-state index contributed by atoms with van der Waals surface area (Å²) in [6.07, 6.45) is 0.676. The van der Waals surface area contributed by atoms with Gasteiger partial charge in [0, 0.05) is 6.08 Å². The largest absolute Gasteiger partial charge is 0.465 e. The summed E-state index contributed by atoms with van der Waals surface area (Å²) in [5.74, 6) is -0.847. The maximum atomic E-state index is 14.8. The zero-order valence-corrected chi connectivity index (χ0v) is 19.8. The van der Waals surface area contributed by atoms with E-state index in [-0.39, 0.29) is 23.8 Å². The summed E-state index contributed by atoms with van der Waals surface area (Å²) in [6, 6.07) is 7.40. The Labute approximate surface area is 199 Å². The number of hydrogen-bond acceptors (Lipinski definition) is 10. The Morgan fingerprint density at radius 1 is 1.31 bits per heavy atom. The molecule has 3 heterocycles. The second kappa shape index (κ2) is 10.5. The summed E-state index contributed by atoms with van der Waals surface area (Å²) in [5.41, 5.74) is 6.35. The lowest BCUT2D eigenvalue weighted by molar-refractivity contribution is -0.144. The van der Waals surface area contributed by atoms with Gasteiger partial charge in [0.15, 0.2) is 36.2 Å². The van der Waals surface area contributed by atoms with Crippen molar-refractivity contribution in [2.24, 2.45) is 0 Å². The first-order valence-electron chi connectivity index (χ1n) is 10.6. The van der Waals surface area contributed by atoms with Gasteiger partial charge in [0.25, 0.3) is 0 Å². The Hall–Kier alpha value is -3.38. The number of benzene rings is 1. The highest BCUT2D eigenvalue weighted by Gasteiger charge is 2.36. The highest BCUT2D eigenvalue weighted by molar-refractivity contribution is 7.57. The molecule has 12 nitrogen and oxygen atoms in total. The fraction of sp³-hybridized carbons (Fsp3) is 0.333. The van der Waals surface area contributed by atoms with Gasteiger partial charge in [0.05, 0.1) is 12.9 Å². The second-order valence-electron chi connectivity index (χ2n) is 7.47. The normalized spacial score (nSPS) is 20.3. The molecule has 3 aromatic rings. The van der Waals surface area contributed by atoms with Gasteiger partial charge < -0.3 is 24.5 Å². The lowest BCUT2D eigenvalue weighted by Crippen LogP contribution is -2.36. The third kappa shape index (κ3) is 5.65. The SMILES string of the molecule is CCOC(=O)[C@H](C)NP(=O)(CO[C@H]1C=C(F)C(n2cnc3c(N)ncnc32)O1)Oc1ccccc1. The number of halogens is 1. The number of fused-ring (bicyclic) bond motifs is 1. The van der Waals surface area contributed by atoms with Crippen LogP contribution in [0.1, 0.15) is 20.1 Å². The van der Waals surface area contributed by atoms with Gasteiger partial charge in [0.2, 0.25) is 0 Å². The lowest BCUT2D eigenvalue weighted by atomic mass is 10.3. The van der Waals surface area contributed by atoms with Crippen LogP contribution in [0, 0.1) is 0 Å². The average Bonchev–Trinajstić information content (AvgIpc) is 3.42. The van der Waals surface area contributed by atoms with Crippen LogP contribution in [-0.4, -0.2) is 50.8 Å². The number of nitrogens with one attached hydrogen (secondary N) is 1. The molecule has 0 fully saturated rings. The number of esters is 1. The van der Waals surface area contributed by atoms with Crippen LogP contribution in [0.4, 0.5) is 10.2 Å². The van der Waals surface area contributed by atoms with E-state index < -0.39 is 44.2 Å². The number of nitrogen functional groups attached to an aromatic ring is 1. The molecule has 4 rings (SSSR count). The fourth-order valence-electron chi connectivity index (χ4n) is 3.30. The topological polar surface area (TPSA) is 153 Å². The Morgan fingerprint density at radius 3 is 2.83 bits per heavy atom. The predicted molar refractivity (Wildman–Crippen MR) is 123 cm³/mol. The van der Waals surface area contributed by atoms with Crippen LogP contribution in [0.3, 0.4) is 0 Å². The standard InChI is InChI=1S/C21H24FN6O6P/c1-3-31-21(29)13(2)27-35(30,34-14-7-5-4-6-8-14)12-32-16-9-15(22)20(33-16)28-11-26-17-18(23)24-10-25-19(17)28/h4-11,13,16,20H,3,12H2,1-2H3,(H,27,30)(H2,23,24,25)/t13-,16+,20?,35?/m0/s1. The molecular formula is C21H24FN6O6P. The minimum atomic E-state index is -3.83. The molecule has 14 heteroatoms. The molecule has 1 aliphatic heterocycles. The monoisotopic (exact) mass is 506 g/mol. The molecule has 35 heavy (non-hydrogen) atoms. The molecule has 0 saturated heterocycles. The number of hydrogen-bond donors (Lipinski definition) is 2. The minimum Gasteiger partial charge on any atom is -0.465 e. The van der Waals surface area contributed by atoms with Crippen LogP contribution in [0.15, 0.2) is 54.9 Å². The number of carbonyl (C=O) groups excluding carboxylic acids is 1. The smallest absolute Gasteiger partial charge is 0.342 e. The number of anilines is 1. The van der Waals surface area contributed by atoms with Gasteiger partial charge in [-0.15, -0.1) is 0 Å². The summed E-state index contributed by atoms with van der Waals surface area (Å²) in [6.45, 7) is 3.30. The maximum absolute atomic E-state index is 14.8. The number of para-hydroxylation sites is 1. The molecule has 1 aromatic carbocycles. The van der Waals surface area contributed by atoms with Gasteiger partial charge in [0.1, 0.15) is 23.6 Å². The van der Waals surface area contributed by atoms with Gasteiger partial charge in [-0.1, -0.05) is 18.2 Å². The van der Waals surface area contributed by atoms with Gasteiger partial charge >= 0.3 is 13.5 Å². The summed E-state index contributed by atoms with van der Waals surface area (Å²) in [4.78, 5) is 24.1. The van der Waals surface area contributed by atoms with Crippen molar-refractivity contribution in [3.8, 4) is 5.75 Å². The van der Waals surface area contributed by atoms with Crippen LogP contribution in [0.25, 0.3) is 11.2 Å². The quantitative estimate of drug-likeness (QED) is 0.308. The van der Waals surface area contributed by atoms with Crippen molar-refractivity contribution in [1.82, 2.24) is 24.6 Å². The Bertz CT molecular complexity index is 1270. The maximum Gasteiger partial charge on any atom is 0.342 e. The summed E-state index contributed by atoms with van der Waals surface area (Å²) < 4.78 is 51.5. The number of ether oxygens (including phenoxy) is 3. The fourth-order valence-corrected chi connectivity index (χ4v) is 4.98. The first kappa shape index (κ1) is 24.7. The van der Waals surface area contributed by atoms with E-state index in [9.17, 15) is 13.8 Å². The number of carbonyl (C=O) groups is 1. The number of aromatic nitrogens is 4. The van der Waals surface area contributed by atoms with E-state index >= 15 is 0 Å². The zero-order valence-electron chi connectivity index (χ0n) is 18.9. The molecule has 2 aromatic heterocycles. The third-order valence-electron chi connectivity index (χ3n) is 4.87. The van der Waals surface area contributed by atoms with E-state index in [1.165, 1.54) is 24.1 Å². The van der Waals surface area contributed by atoms with Crippen molar-refractivity contribution in [3.63, 3.8) is 0 Å². The molecule has 0 saturated carbocycles. The second-order valence-corrected chi connectivity index (χ2v) is 9.51. The van der Waals surface area contributed by atoms with Crippen molar-refractivity contribution in [1.29, 1.82) is 0 Å². The molecule has 3 N–H and O–H groups in total. The van der Waals surface area contributed by atoms with Crippen LogP contribution < -0.4 is 15.3 Å². The minimum absolute atomic E-state index is 0.143. The zero-order chi connectivity index (χ0) is 25.0. The van der Waals surface area contributed by atoms with Crippen LogP contribution in [0.5, 0.6) is 5.75 Å². The van der Waals surface area contributed by atoms with Crippen molar-refractivity contribution in [2.75, 3.05) is 18.7 Å². The summed E-state index contributed by atoms with van der Waals surface area (Å²) >= 11 is 0. The first-order chi connectivity index (χ1) is 16.8. The summed E-state index contributed by atoms with van der Waals surface area (Å²) in [7, 11) is -3.83. The molecule has 4 atom stereocenters. The van der Waals surface area contributed by atoms with Crippen LogP contribution >= 0.6 is 7.52 Å². The third-order valence-corrected chi connectivity index (χ3v) is 6.64. The number of nitrogens with zero attached hydrogens (tertiary/aromatic N) is 4. The molecule has 0 radical (unpaired) electrons. The highest BCUT2D eigenvalue weighted by atomic mass is 31.2. The predicted octanol–water partition coefficient (Wildman–Crippen LogP) is 2.90. The van der Waals surface area contributed by atoms with Crippen LogP contribution in [-0.2, 0) is 23.6 Å². The highest BCUT2D eigenvalue weighted by Crippen LogP contribution is 2.45. The van der Waals surface area contributed by atoms with Crippen molar-refractivity contribution < 1.29 is 32.5 Å². The molecule has 0 aliphatic carbocycles. The number of nitrogens with two attached hydrogens (primary N) is 1. The van der Waals surface area contributed by atoms with Crippen molar-refractivity contribution in [2.45, 2.75) is 32.4 Å². The van der Waals surface area contributed by atoms with E-state index in [2.05, 4.69) is 20.0 Å². The van der Waals surface area contributed by atoms with Gasteiger partial charge in [-0.2, -0.15) is 0 Å². The molecule has 186 valence electrons. The van der Waals surface area contributed by atoms with E-state index in [1.54, 1.807) is 37.3 Å². The molecule has 0 bridgehead atoms. The first-order valence-corrected chi connectivity index (χ1v) is 12.5.